The molecule has 1 saturated carbocycles. The number of hydrogen-bond donors (Lipinski definition) is 1. The van der Waals surface area contributed by atoms with Crippen molar-refractivity contribution >= 4 is 23.5 Å². The lowest BCUT2D eigenvalue weighted by Crippen LogP contribution is -2.74. The summed E-state index contributed by atoms with van der Waals surface area (Å²) in [6.45, 7) is 16.5. The molecule has 1 aromatic heterocycles. The SMILES string of the molecule is CC(C)(C)OC(=O)N1CCN(c2cc(F)c(CNC3C(C)(C)C(Oc4ccc(C#N)c(Cl)c4)C3(C)C)cn2)CC1. The summed E-state index contributed by atoms with van der Waals surface area (Å²) in [5.74, 6) is 0.859. The molecule has 1 aliphatic carbocycles. The molecule has 0 spiro atoms. The van der Waals surface area contributed by atoms with E-state index in [2.05, 4.69) is 44.1 Å². The number of pyridine rings is 1. The maximum atomic E-state index is 15.2. The van der Waals surface area contributed by atoms with Gasteiger partial charge in [0.15, 0.2) is 0 Å². The Morgan fingerprint density at radius 1 is 1.18 bits per heavy atom. The molecule has 1 aliphatic heterocycles. The summed E-state index contributed by atoms with van der Waals surface area (Å²) >= 11 is 6.20. The number of anilines is 1. The third kappa shape index (κ3) is 6.13. The summed E-state index contributed by atoms with van der Waals surface area (Å²) in [6.07, 6.45) is 1.14. The zero-order chi connectivity index (χ0) is 29.5. The molecule has 1 amide bonds. The van der Waals surface area contributed by atoms with Gasteiger partial charge in [-0.1, -0.05) is 39.3 Å². The van der Waals surface area contributed by atoms with Crippen molar-refractivity contribution in [3.63, 3.8) is 0 Å². The van der Waals surface area contributed by atoms with Crippen molar-refractivity contribution in [1.29, 1.82) is 5.26 Å². The highest BCUT2D eigenvalue weighted by atomic mass is 35.5. The lowest BCUT2D eigenvalue weighted by molar-refractivity contribution is -0.169. The molecular weight excluding hydrogens is 533 g/mol. The van der Waals surface area contributed by atoms with Gasteiger partial charge in [0.2, 0.25) is 0 Å². The summed E-state index contributed by atoms with van der Waals surface area (Å²) in [4.78, 5) is 20.5. The Balaban J connectivity index is 1.34. The molecule has 2 aliphatic rings. The highest BCUT2D eigenvalue weighted by Crippen LogP contribution is 2.55. The molecule has 2 heterocycles. The monoisotopic (exact) mass is 571 g/mol. The summed E-state index contributed by atoms with van der Waals surface area (Å²) in [5.41, 5.74) is -0.139. The van der Waals surface area contributed by atoms with Crippen LogP contribution < -0.4 is 15.0 Å². The van der Waals surface area contributed by atoms with Gasteiger partial charge in [-0.3, -0.25) is 0 Å². The molecule has 0 bridgehead atoms. The molecule has 8 nitrogen and oxygen atoms in total. The number of benzene rings is 1. The second-order valence-corrected chi connectivity index (χ2v) is 13.2. The van der Waals surface area contributed by atoms with Crippen LogP contribution >= 0.6 is 11.6 Å². The minimum absolute atomic E-state index is 0.0545. The van der Waals surface area contributed by atoms with Crippen LogP contribution in [-0.2, 0) is 11.3 Å². The van der Waals surface area contributed by atoms with Gasteiger partial charge in [-0.25, -0.2) is 14.2 Å². The average Bonchev–Trinajstić information content (AvgIpc) is 2.87. The van der Waals surface area contributed by atoms with Crippen molar-refractivity contribution in [3.8, 4) is 11.8 Å². The van der Waals surface area contributed by atoms with E-state index in [0.717, 1.165) is 0 Å². The zero-order valence-corrected chi connectivity index (χ0v) is 25.1. The van der Waals surface area contributed by atoms with E-state index in [0.29, 0.717) is 60.4 Å². The van der Waals surface area contributed by atoms with Crippen LogP contribution in [0.2, 0.25) is 5.02 Å². The van der Waals surface area contributed by atoms with Crippen LogP contribution in [0.4, 0.5) is 15.0 Å². The van der Waals surface area contributed by atoms with Crippen LogP contribution in [0.3, 0.4) is 0 Å². The molecule has 2 fully saturated rings. The number of amides is 1. The fourth-order valence-electron chi connectivity index (χ4n) is 6.16. The van der Waals surface area contributed by atoms with Gasteiger partial charge >= 0.3 is 6.09 Å². The number of carbonyl (C=O) groups excluding carboxylic acids is 1. The third-order valence-corrected chi connectivity index (χ3v) is 8.13. The van der Waals surface area contributed by atoms with Gasteiger partial charge in [-0.15, -0.1) is 0 Å². The van der Waals surface area contributed by atoms with E-state index < -0.39 is 5.60 Å². The minimum Gasteiger partial charge on any atom is -0.489 e. The van der Waals surface area contributed by atoms with Crippen molar-refractivity contribution in [3.05, 3.63) is 52.4 Å². The predicted octanol–water partition coefficient (Wildman–Crippen LogP) is 5.77. The van der Waals surface area contributed by atoms with Crippen molar-refractivity contribution in [2.24, 2.45) is 10.8 Å². The topological polar surface area (TPSA) is 90.7 Å². The van der Waals surface area contributed by atoms with Gasteiger partial charge in [-0.2, -0.15) is 5.26 Å². The number of nitrogens with zero attached hydrogens (tertiary/aromatic N) is 4. The Morgan fingerprint density at radius 2 is 1.82 bits per heavy atom. The lowest BCUT2D eigenvalue weighted by atomic mass is 9.49. The predicted molar refractivity (Wildman–Crippen MR) is 153 cm³/mol. The van der Waals surface area contributed by atoms with E-state index in [1.54, 1.807) is 29.3 Å². The third-order valence-electron chi connectivity index (χ3n) is 7.82. The van der Waals surface area contributed by atoms with Gasteiger partial charge in [0.25, 0.3) is 0 Å². The van der Waals surface area contributed by atoms with Crippen LogP contribution in [0.25, 0.3) is 0 Å². The summed E-state index contributed by atoms with van der Waals surface area (Å²) in [7, 11) is 0. The van der Waals surface area contributed by atoms with Crippen molar-refractivity contribution in [2.45, 2.75) is 72.8 Å². The maximum absolute atomic E-state index is 15.2. The van der Waals surface area contributed by atoms with E-state index >= 15 is 4.39 Å². The molecule has 1 saturated heterocycles. The first-order chi connectivity index (χ1) is 18.6. The van der Waals surface area contributed by atoms with Gasteiger partial charge in [0, 0.05) is 73.5 Å². The molecule has 40 heavy (non-hydrogen) atoms. The van der Waals surface area contributed by atoms with Crippen LogP contribution in [0.15, 0.2) is 30.5 Å². The Kier molecular flexibility index (Phi) is 8.26. The van der Waals surface area contributed by atoms with E-state index in [9.17, 15) is 4.79 Å². The van der Waals surface area contributed by atoms with E-state index in [-0.39, 0.29) is 34.9 Å². The lowest BCUT2D eigenvalue weighted by Gasteiger charge is -2.63. The van der Waals surface area contributed by atoms with Gasteiger partial charge in [0.05, 0.1) is 10.6 Å². The fraction of sp³-hybridized carbons (Fsp3) is 0.567. The largest absolute Gasteiger partial charge is 0.489 e. The second kappa shape index (κ2) is 11.1. The number of nitriles is 1. The first kappa shape index (κ1) is 29.9. The molecule has 216 valence electrons. The Hall–Kier alpha value is -3.09. The standard InChI is InChI=1S/C30H39ClFN5O3/c1-28(2,3)40-27(38)37-12-10-36(11-13-37)24-15-23(32)20(17-34-24)18-35-25-29(4,5)26(30(25,6)7)39-21-9-8-19(16-33)22(31)14-21/h8-9,14-15,17,25-26,35H,10-13,18H2,1-7H3. The highest BCUT2D eigenvalue weighted by molar-refractivity contribution is 6.31. The molecule has 4 rings (SSSR count). The zero-order valence-electron chi connectivity index (χ0n) is 24.3. The second-order valence-electron chi connectivity index (χ2n) is 12.8. The average molecular weight is 572 g/mol. The smallest absolute Gasteiger partial charge is 0.410 e. The van der Waals surface area contributed by atoms with Gasteiger partial charge in [0.1, 0.15) is 35.2 Å². The highest BCUT2D eigenvalue weighted by Gasteiger charge is 2.63. The number of nitrogens with one attached hydrogen (secondary N) is 1. The maximum Gasteiger partial charge on any atom is 0.410 e. The molecule has 1 N–H and O–H groups in total. The van der Waals surface area contributed by atoms with Crippen molar-refractivity contribution in [1.82, 2.24) is 15.2 Å². The van der Waals surface area contributed by atoms with Gasteiger partial charge < -0.3 is 24.6 Å². The van der Waals surface area contributed by atoms with Gasteiger partial charge in [-0.05, 0) is 32.9 Å². The Bertz CT molecular complexity index is 1280. The summed E-state index contributed by atoms with van der Waals surface area (Å²) < 4.78 is 27.0. The van der Waals surface area contributed by atoms with Crippen LogP contribution in [0.1, 0.15) is 59.6 Å². The number of rotatable bonds is 6. The van der Waals surface area contributed by atoms with Crippen LogP contribution in [0.5, 0.6) is 5.75 Å². The summed E-state index contributed by atoms with van der Waals surface area (Å²) in [6, 6.07) is 8.68. The quantitative estimate of drug-likeness (QED) is 0.470. The molecule has 1 aromatic carbocycles. The molecule has 10 heteroatoms. The van der Waals surface area contributed by atoms with E-state index in [1.807, 2.05) is 25.7 Å². The number of halogens is 2. The molecule has 0 radical (unpaired) electrons. The number of aromatic nitrogens is 1. The van der Waals surface area contributed by atoms with Crippen molar-refractivity contribution < 1.29 is 18.7 Å². The normalized spacial score (nSPS) is 21.8. The molecular formula is C30H39ClFN5O3. The number of ether oxygens (including phenoxy) is 2. The fourth-order valence-corrected chi connectivity index (χ4v) is 6.37. The Morgan fingerprint density at radius 3 is 2.38 bits per heavy atom. The number of piperazine rings is 1. The first-order valence-electron chi connectivity index (χ1n) is 13.6. The van der Waals surface area contributed by atoms with Crippen LogP contribution in [0, 0.1) is 28.0 Å². The number of carbonyl (C=O) groups is 1. The van der Waals surface area contributed by atoms with Crippen LogP contribution in [-0.4, -0.2) is 59.9 Å². The van der Waals surface area contributed by atoms with E-state index in [1.165, 1.54) is 6.07 Å². The first-order valence-corrected chi connectivity index (χ1v) is 14.0. The summed E-state index contributed by atoms with van der Waals surface area (Å²) in [5, 5.41) is 13.0. The molecule has 2 aromatic rings. The Labute approximate surface area is 241 Å². The molecule has 0 unspecified atom stereocenters. The number of hydrogen-bond acceptors (Lipinski definition) is 7. The molecule has 0 atom stereocenters. The van der Waals surface area contributed by atoms with Crippen molar-refractivity contribution in [2.75, 3.05) is 31.1 Å². The van der Waals surface area contributed by atoms with E-state index in [4.69, 9.17) is 26.3 Å². The minimum atomic E-state index is -0.542.